The average Bonchev–Trinajstić information content (AvgIpc) is 3.29. The summed E-state index contributed by atoms with van der Waals surface area (Å²) >= 11 is 0. The number of likely N-dealkylation sites (N-methyl/N-ethyl adjacent to an activating group) is 1. The Bertz CT molecular complexity index is 1320. The second kappa shape index (κ2) is 12.6. The zero-order chi connectivity index (χ0) is 29.8. The second-order valence-electron chi connectivity index (χ2n) is 10.9. The van der Waals surface area contributed by atoms with Gasteiger partial charge >= 0.3 is 6.09 Å². The number of hydrogen-bond acceptors (Lipinski definition) is 6. The Balaban J connectivity index is 1.48. The first kappa shape index (κ1) is 29.9. The van der Waals surface area contributed by atoms with E-state index in [0.29, 0.717) is 28.5 Å². The molecular formula is C29H39N5O7. The monoisotopic (exact) mass is 569 g/mol. The van der Waals surface area contributed by atoms with Crippen LogP contribution in [0.3, 0.4) is 0 Å². The summed E-state index contributed by atoms with van der Waals surface area (Å²) in [5.74, 6) is -0.441. The van der Waals surface area contributed by atoms with Gasteiger partial charge in [0.1, 0.15) is 23.5 Å². The lowest BCUT2D eigenvalue weighted by atomic mass is 9.83. The van der Waals surface area contributed by atoms with Crippen LogP contribution < -0.4 is 10.1 Å². The molecule has 0 radical (unpaired) electrons. The SMILES string of the molecule is COc1ccc2c(C=O)c(C(=O)N3CCN(C(=O)[C@@H](NC(=O)[C@H](C)N(C)C(=O)O)C4CCCCC4)CC3)n(C)c2c1. The molecule has 2 fully saturated rings. The van der Waals surface area contributed by atoms with Crippen molar-refractivity contribution in [3.05, 3.63) is 29.5 Å². The highest BCUT2D eigenvalue weighted by atomic mass is 16.5. The zero-order valence-electron chi connectivity index (χ0n) is 24.1. The number of amides is 4. The molecule has 2 N–H and O–H groups in total. The number of carbonyl (C=O) groups is 5. The highest BCUT2D eigenvalue weighted by molar-refractivity contribution is 6.10. The first-order chi connectivity index (χ1) is 19.6. The van der Waals surface area contributed by atoms with Gasteiger partial charge in [-0.05, 0) is 37.8 Å². The summed E-state index contributed by atoms with van der Waals surface area (Å²) in [6.07, 6.45) is 4.09. The van der Waals surface area contributed by atoms with E-state index in [1.807, 2.05) is 0 Å². The Kier molecular flexibility index (Phi) is 9.19. The number of rotatable bonds is 8. The van der Waals surface area contributed by atoms with Crippen LogP contribution >= 0.6 is 0 Å². The fraction of sp³-hybridized carbons (Fsp3) is 0.552. The molecule has 1 aliphatic heterocycles. The van der Waals surface area contributed by atoms with Gasteiger partial charge in [-0.25, -0.2) is 4.79 Å². The number of carboxylic acid groups (broad SMARTS) is 1. The van der Waals surface area contributed by atoms with Crippen molar-refractivity contribution in [3.8, 4) is 5.75 Å². The number of aryl methyl sites for hydroxylation is 1. The number of aldehydes is 1. The quantitative estimate of drug-likeness (QED) is 0.465. The van der Waals surface area contributed by atoms with Crippen LogP contribution in [0.4, 0.5) is 4.79 Å². The molecule has 222 valence electrons. The molecule has 41 heavy (non-hydrogen) atoms. The topological polar surface area (TPSA) is 141 Å². The lowest BCUT2D eigenvalue weighted by molar-refractivity contribution is -0.140. The third-order valence-corrected chi connectivity index (χ3v) is 8.59. The van der Waals surface area contributed by atoms with Crippen LogP contribution in [0.2, 0.25) is 0 Å². The Labute approximate surface area is 239 Å². The van der Waals surface area contributed by atoms with Gasteiger partial charge in [0.25, 0.3) is 5.91 Å². The molecule has 1 aromatic carbocycles. The maximum atomic E-state index is 13.8. The molecule has 1 aliphatic carbocycles. The summed E-state index contributed by atoms with van der Waals surface area (Å²) < 4.78 is 7.00. The first-order valence-corrected chi connectivity index (χ1v) is 14.0. The molecule has 1 aromatic heterocycles. The van der Waals surface area contributed by atoms with Gasteiger partial charge in [-0.2, -0.15) is 0 Å². The van der Waals surface area contributed by atoms with Crippen LogP contribution in [0.15, 0.2) is 18.2 Å². The standard InChI is InChI=1S/C29H39N5O7/c1-18(31(2)29(39)40)26(36)30-24(19-8-6-5-7-9-19)27(37)33-12-14-34(15-13-33)28(38)25-22(17-35)21-11-10-20(41-4)16-23(21)32(25)3/h10-11,16-19,24H,5-9,12-15H2,1-4H3,(H,30,36)(H,39,40)/t18-,24-/m0/s1. The lowest BCUT2D eigenvalue weighted by Crippen LogP contribution is -2.59. The molecule has 0 spiro atoms. The molecule has 12 heteroatoms. The smallest absolute Gasteiger partial charge is 0.407 e. The molecule has 4 amide bonds. The molecule has 2 aromatic rings. The molecule has 12 nitrogen and oxygen atoms in total. The largest absolute Gasteiger partial charge is 0.497 e. The van der Waals surface area contributed by atoms with Gasteiger partial charge in [0.2, 0.25) is 11.8 Å². The number of nitrogens with zero attached hydrogens (tertiary/aromatic N) is 4. The van der Waals surface area contributed by atoms with Crippen LogP contribution in [-0.4, -0.2) is 107 Å². The van der Waals surface area contributed by atoms with Gasteiger partial charge in [-0.15, -0.1) is 0 Å². The van der Waals surface area contributed by atoms with Crippen molar-refractivity contribution in [3.63, 3.8) is 0 Å². The maximum Gasteiger partial charge on any atom is 0.407 e. The predicted molar refractivity (Wildman–Crippen MR) is 151 cm³/mol. The number of ether oxygens (including phenoxy) is 1. The van der Waals surface area contributed by atoms with E-state index in [2.05, 4.69) is 5.32 Å². The molecule has 4 rings (SSSR count). The Morgan fingerprint density at radius 2 is 1.71 bits per heavy atom. The van der Waals surface area contributed by atoms with Crippen molar-refractivity contribution in [1.82, 2.24) is 24.6 Å². The number of carbonyl (C=O) groups excluding carboxylic acids is 4. The van der Waals surface area contributed by atoms with E-state index >= 15 is 0 Å². The fourth-order valence-electron chi connectivity index (χ4n) is 5.89. The van der Waals surface area contributed by atoms with Crippen LogP contribution in [0, 0.1) is 5.92 Å². The molecule has 0 bridgehead atoms. The van der Waals surface area contributed by atoms with Crippen LogP contribution in [-0.2, 0) is 16.6 Å². The Morgan fingerprint density at radius 1 is 1.07 bits per heavy atom. The molecule has 2 aliphatic rings. The van der Waals surface area contributed by atoms with Crippen LogP contribution in [0.5, 0.6) is 5.75 Å². The van der Waals surface area contributed by atoms with Crippen molar-refractivity contribution >= 4 is 41.0 Å². The minimum atomic E-state index is -1.23. The van der Waals surface area contributed by atoms with Crippen molar-refractivity contribution in [2.75, 3.05) is 40.3 Å². The number of aromatic nitrogens is 1. The predicted octanol–water partition coefficient (Wildman–Crippen LogP) is 2.35. The van der Waals surface area contributed by atoms with Crippen LogP contribution in [0.1, 0.15) is 59.9 Å². The number of methoxy groups -OCH3 is 1. The minimum Gasteiger partial charge on any atom is -0.497 e. The molecule has 2 heterocycles. The van der Waals surface area contributed by atoms with Crippen molar-refractivity contribution < 1.29 is 33.8 Å². The molecule has 0 unspecified atom stereocenters. The number of nitrogens with one attached hydrogen (secondary N) is 1. The fourth-order valence-corrected chi connectivity index (χ4v) is 5.89. The van der Waals surface area contributed by atoms with E-state index in [9.17, 15) is 29.1 Å². The highest BCUT2D eigenvalue weighted by Gasteiger charge is 2.37. The van der Waals surface area contributed by atoms with Gasteiger partial charge < -0.3 is 29.5 Å². The average molecular weight is 570 g/mol. The number of benzene rings is 1. The third-order valence-electron chi connectivity index (χ3n) is 8.59. The summed E-state index contributed by atoms with van der Waals surface area (Å²) in [4.78, 5) is 68.0. The summed E-state index contributed by atoms with van der Waals surface area (Å²) in [6, 6.07) is 3.58. The van der Waals surface area contributed by atoms with E-state index in [-0.39, 0.29) is 49.6 Å². The van der Waals surface area contributed by atoms with Crippen molar-refractivity contribution in [1.29, 1.82) is 0 Å². The Hall–Kier alpha value is -4.09. The normalized spacial score (nSPS) is 17.6. The van der Waals surface area contributed by atoms with E-state index in [4.69, 9.17) is 4.74 Å². The van der Waals surface area contributed by atoms with Gasteiger partial charge in [-0.1, -0.05) is 19.3 Å². The first-order valence-electron chi connectivity index (χ1n) is 14.0. The second-order valence-corrected chi connectivity index (χ2v) is 10.9. The number of piperazine rings is 1. The summed E-state index contributed by atoms with van der Waals surface area (Å²) in [5, 5.41) is 12.8. The number of fused-ring (bicyclic) bond motifs is 1. The van der Waals surface area contributed by atoms with Gasteiger partial charge in [0, 0.05) is 51.7 Å². The van der Waals surface area contributed by atoms with Crippen LogP contribution in [0.25, 0.3) is 10.9 Å². The molecule has 1 saturated carbocycles. The summed E-state index contributed by atoms with van der Waals surface area (Å²) in [7, 11) is 4.61. The Morgan fingerprint density at radius 3 is 2.29 bits per heavy atom. The number of hydrogen-bond donors (Lipinski definition) is 2. The zero-order valence-corrected chi connectivity index (χ0v) is 24.1. The summed E-state index contributed by atoms with van der Waals surface area (Å²) in [5.41, 5.74) is 1.30. The maximum absolute atomic E-state index is 13.8. The summed E-state index contributed by atoms with van der Waals surface area (Å²) in [6.45, 7) is 2.60. The van der Waals surface area contributed by atoms with E-state index in [1.165, 1.54) is 14.0 Å². The van der Waals surface area contributed by atoms with Gasteiger partial charge in [-0.3, -0.25) is 24.1 Å². The van der Waals surface area contributed by atoms with Gasteiger partial charge in [0.15, 0.2) is 6.29 Å². The molecular weight excluding hydrogens is 530 g/mol. The van der Waals surface area contributed by atoms with Crippen molar-refractivity contribution in [2.45, 2.75) is 51.1 Å². The lowest BCUT2D eigenvalue weighted by Gasteiger charge is -2.39. The van der Waals surface area contributed by atoms with E-state index in [1.54, 1.807) is 46.7 Å². The third kappa shape index (κ3) is 6.01. The minimum absolute atomic E-state index is 0.0369. The van der Waals surface area contributed by atoms with Gasteiger partial charge in [0.05, 0.1) is 18.2 Å². The molecule has 1 saturated heterocycles. The molecule has 2 atom stereocenters. The van der Waals surface area contributed by atoms with E-state index in [0.717, 1.165) is 37.0 Å². The van der Waals surface area contributed by atoms with E-state index < -0.39 is 24.1 Å². The van der Waals surface area contributed by atoms with Crippen molar-refractivity contribution in [2.24, 2.45) is 13.0 Å². The highest BCUT2D eigenvalue weighted by Crippen LogP contribution is 2.30.